The molecule has 1 heterocycles. The van der Waals surface area contributed by atoms with Crippen molar-refractivity contribution in [3.8, 4) is 0 Å². The van der Waals surface area contributed by atoms with Gasteiger partial charge >= 0.3 is 0 Å². The van der Waals surface area contributed by atoms with Gasteiger partial charge in [0.15, 0.2) is 0 Å². The number of nitrogens with zero attached hydrogens (tertiary/aromatic N) is 2. The molecule has 1 aromatic heterocycles. The van der Waals surface area contributed by atoms with Crippen LogP contribution in [-0.2, 0) is 13.6 Å². The fraction of sp³-hybridized carbons (Fsp3) is 0.286. The van der Waals surface area contributed by atoms with E-state index in [0.717, 1.165) is 21.3 Å². The van der Waals surface area contributed by atoms with Gasteiger partial charge in [-0.2, -0.15) is 5.10 Å². The van der Waals surface area contributed by atoms with Crippen LogP contribution in [0.25, 0.3) is 0 Å². The highest BCUT2D eigenvalue weighted by Crippen LogP contribution is 2.18. The molecule has 0 saturated heterocycles. The number of hydrogen-bond donors (Lipinski definition) is 1. The van der Waals surface area contributed by atoms with Gasteiger partial charge in [0.1, 0.15) is 0 Å². The predicted molar refractivity (Wildman–Crippen MR) is 78.0 cm³/mol. The summed E-state index contributed by atoms with van der Waals surface area (Å²) in [6.07, 6.45) is 1.92. The van der Waals surface area contributed by atoms with E-state index >= 15 is 0 Å². The van der Waals surface area contributed by atoms with Crippen LogP contribution in [-0.4, -0.2) is 15.7 Å². The highest BCUT2D eigenvalue weighted by Gasteiger charge is 2.11. The van der Waals surface area contributed by atoms with Crippen molar-refractivity contribution in [2.24, 2.45) is 7.05 Å². The number of amides is 1. The van der Waals surface area contributed by atoms with E-state index in [0.29, 0.717) is 12.1 Å². The number of nitrogens with one attached hydrogen (secondary N) is 1. The fourth-order valence-electron chi connectivity index (χ4n) is 1.91. The third-order valence-corrected chi connectivity index (χ3v) is 3.61. The van der Waals surface area contributed by atoms with E-state index in [-0.39, 0.29) is 5.91 Å². The van der Waals surface area contributed by atoms with Crippen LogP contribution in [0.15, 0.2) is 28.9 Å². The van der Waals surface area contributed by atoms with Crippen LogP contribution >= 0.6 is 15.9 Å². The Morgan fingerprint density at radius 3 is 2.79 bits per heavy atom. The zero-order valence-electron chi connectivity index (χ0n) is 11.2. The van der Waals surface area contributed by atoms with Crippen molar-refractivity contribution in [2.45, 2.75) is 20.4 Å². The minimum atomic E-state index is -0.0844. The number of benzene rings is 1. The number of rotatable bonds is 3. The summed E-state index contributed by atoms with van der Waals surface area (Å²) in [5, 5.41) is 7.16. The Morgan fingerprint density at radius 1 is 1.42 bits per heavy atom. The van der Waals surface area contributed by atoms with Gasteiger partial charge in [0.25, 0.3) is 5.91 Å². The lowest BCUT2D eigenvalue weighted by molar-refractivity contribution is 0.0950. The first-order valence-electron chi connectivity index (χ1n) is 6.01. The smallest absolute Gasteiger partial charge is 0.252 e. The first kappa shape index (κ1) is 13.8. The first-order chi connectivity index (χ1) is 8.97. The molecule has 1 N–H and O–H groups in total. The fourth-order valence-corrected chi connectivity index (χ4v) is 2.33. The molecule has 0 aliphatic heterocycles. The number of carbonyl (C=O) groups excluding carboxylic acids is 1. The lowest BCUT2D eigenvalue weighted by atomic mass is 10.1. The van der Waals surface area contributed by atoms with Crippen LogP contribution in [0, 0.1) is 13.8 Å². The van der Waals surface area contributed by atoms with Crippen LogP contribution in [0.3, 0.4) is 0 Å². The lowest BCUT2D eigenvalue weighted by Gasteiger charge is -2.07. The molecule has 0 saturated carbocycles. The molecule has 4 nitrogen and oxygen atoms in total. The second kappa shape index (κ2) is 5.57. The molecule has 1 aromatic carbocycles. The summed E-state index contributed by atoms with van der Waals surface area (Å²) < 4.78 is 2.55. The SMILES string of the molecule is Cc1ccc(Br)c(C(=O)NCc2cn(C)nc2C)c1. The van der Waals surface area contributed by atoms with Crippen molar-refractivity contribution >= 4 is 21.8 Å². The molecule has 0 aliphatic carbocycles. The Labute approximate surface area is 120 Å². The topological polar surface area (TPSA) is 46.9 Å². The molecule has 0 spiro atoms. The van der Waals surface area contributed by atoms with Crippen molar-refractivity contribution in [2.75, 3.05) is 0 Å². The zero-order valence-corrected chi connectivity index (χ0v) is 12.8. The number of hydrogen-bond acceptors (Lipinski definition) is 2. The van der Waals surface area contributed by atoms with Gasteiger partial charge in [-0.25, -0.2) is 0 Å². The van der Waals surface area contributed by atoms with Crippen LogP contribution in [0.5, 0.6) is 0 Å². The summed E-state index contributed by atoms with van der Waals surface area (Å²) in [6, 6.07) is 5.72. The van der Waals surface area contributed by atoms with Crippen LogP contribution < -0.4 is 5.32 Å². The number of aryl methyl sites for hydroxylation is 3. The highest BCUT2D eigenvalue weighted by atomic mass is 79.9. The molecule has 5 heteroatoms. The molecule has 0 unspecified atom stereocenters. The van der Waals surface area contributed by atoms with Crippen molar-refractivity contribution in [3.63, 3.8) is 0 Å². The Morgan fingerprint density at radius 2 is 2.16 bits per heavy atom. The van der Waals surface area contributed by atoms with Crippen molar-refractivity contribution in [1.82, 2.24) is 15.1 Å². The third-order valence-electron chi connectivity index (χ3n) is 2.92. The van der Waals surface area contributed by atoms with E-state index in [1.54, 1.807) is 4.68 Å². The minimum absolute atomic E-state index is 0.0844. The molecular weight excluding hydrogens is 306 g/mol. The Hall–Kier alpha value is -1.62. The largest absolute Gasteiger partial charge is 0.348 e. The van der Waals surface area contributed by atoms with Crippen LogP contribution in [0.4, 0.5) is 0 Å². The number of halogens is 1. The summed E-state index contributed by atoms with van der Waals surface area (Å²) in [5.41, 5.74) is 3.68. The van der Waals surface area contributed by atoms with Crippen molar-refractivity contribution in [1.29, 1.82) is 0 Å². The summed E-state index contributed by atoms with van der Waals surface area (Å²) in [7, 11) is 1.87. The molecule has 2 aromatic rings. The maximum atomic E-state index is 12.1. The second-order valence-electron chi connectivity index (χ2n) is 4.58. The molecule has 0 radical (unpaired) electrons. The number of carbonyl (C=O) groups is 1. The average molecular weight is 322 g/mol. The summed E-state index contributed by atoms with van der Waals surface area (Å²) >= 11 is 3.40. The van der Waals surface area contributed by atoms with Gasteiger partial charge in [-0.1, -0.05) is 11.6 Å². The molecular formula is C14H16BrN3O. The first-order valence-corrected chi connectivity index (χ1v) is 6.80. The van der Waals surface area contributed by atoms with E-state index in [1.807, 2.05) is 45.3 Å². The van der Waals surface area contributed by atoms with Gasteiger partial charge in [0.2, 0.25) is 0 Å². The van der Waals surface area contributed by atoms with Gasteiger partial charge in [-0.05, 0) is 41.9 Å². The van der Waals surface area contributed by atoms with Gasteiger partial charge in [0, 0.05) is 29.8 Å². The molecule has 100 valence electrons. The average Bonchev–Trinajstić information content (AvgIpc) is 2.68. The molecule has 0 bridgehead atoms. The van der Waals surface area contributed by atoms with Crippen molar-refractivity contribution in [3.05, 3.63) is 51.3 Å². The molecule has 0 atom stereocenters. The van der Waals surface area contributed by atoms with Gasteiger partial charge in [0.05, 0.1) is 11.3 Å². The van der Waals surface area contributed by atoms with Crippen LogP contribution in [0.2, 0.25) is 0 Å². The lowest BCUT2D eigenvalue weighted by Crippen LogP contribution is -2.23. The van der Waals surface area contributed by atoms with E-state index in [1.165, 1.54) is 0 Å². The summed E-state index contributed by atoms with van der Waals surface area (Å²) in [6.45, 7) is 4.39. The second-order valence-corrected chi connectivity index (χ2v) is 5.43. The van der Waals surface area contributed by atoms with E-state index in [9.17, 15) is 4.79 Å². The Kier molecular flexibility index (Phi) is 4.04. The normalized spacial score (nSPS) is 10.5. The maximum Gasteiger partial charge on any atom is 0.252 e. The third kappa shape index (κ3) is 3.23. The van der Waals surface area contributed by atoms with E-state index in [4.69, 9.17) is 0 Å². The molecule has 19 heavy (non-hydrogen) atoms. The van der Waals surface area contributed by atoms with Crippen LogP contribution in [0.1, 0.15) is 27.2 Å². The molecule has 0 aliphatic rings. The summed E-state index contributed by atoms with van der Waals surface area (Å²) in [4.78, 5) is 12.1. The monoisotopic (exact) mass is 321 g/mol. The Balaban J connectivity index is 2.09. The molecule has 2 rings (SSSR count). The van der Waals surface area contributed by atoms with Gasteiger partial charge in [-0.15, -0.1) is 0 Å². The molecule has 0 fully saturated rings. The van der Waals surface area contributed by atoms with E-state index in [2.05, 4.69) is 26.3 Å². The quantitative estimate of drug-likeness (QED) is 0.944. The molecule has 1 amide bonds. The standard InChI is InChI=1S/C14H16BrN3O/c1-9-4-5-13(15)12(6-9)14(19)16-7-11-8-18(3)17-10(11)2/h4-6,8H,7H2,1-3H3,(H,16,19). The van der Waals surface area contributed by atoms with Gasteiger partial charge in [-0.3, -0.25) is 9.48 Å². The minimum Gasteiger partial charge on any atom is -0.348 e. The van der Waals surface area contributed by atoms with Crippen molar-refractivity contribution < 1.29 is 4.79 Å². The summed E-state index contributed by atoms with van der Waals surface area (Å²) in [5.74, 6) is -0.0844. The Bertz CT molecular complexity index is 619. The van der Waals surface area contributed by atoms with Gasteiger partial charge < -0.3 is 5.32 Å². The zero-order chi connectivity index (χ0) is 14.0. The predicted octanol–water partition coefficient (Wildman–Crippen LogP) is 2.73. The highest BCUT2D eigenvalue weighted by molar-refractivity contribution is 9.10. The number of aromatic nitrogens is 2. The van der Waals surface area contributed by atoms with E-state index < -0.39 is 0 Å². The maximum absolute atomic E-state index is 12.1.